The largest absolute Gasteiger partial charge is 0.488 e. The van der Waals surface area contributed by atoms with Crippen LogP contribution in [-0.4, -0.2) is 35.3 Å². The molecule has 1 aliphatic rings. The van der Waals surface area contributed by atoms with Crippen LogP contribution in [0.4, 0.5) is 4.79 Å². The number of fused-ring (bicyclic) bond motifs is 1. The van der Waals surface area contributed by atoms with Crippen molar-refractivity contribution in [3.05, 3.63) is 29.8 Å². The lowest BCUT2D eigenvalue weighted by atomic mass is 10.00. The number of carboxylic acids is 1. The van der Waals surface area contributed by atoms with E-state index in [1.54, 1.807) is 6.92 Å². The molecule has 0 radical (unpaired) electrons. The van der Waals surface area contributed by atoms with Crippen molar-refractivity contribution in [1.29, 1.82) is 0 Å². The van der Waals surface area contributed by atoms with Gasteiger partial charge in [-0.05, 0) is 25.0 Å². The Kier molecular flexibility index (Phi) is 4.35. The Bertz CT molecular complexity index is 521. The van der Waals surface area contributed by atoms with Crippen LogP contribution in [0.5, 0.6) is 5.75 Å². The highest BCUT2D eigenvalue weighted by Crippen LogP contribution is 2.27. The van der Waals surface area contributed by atoms with Crippen molar-refractivity contribution < 1.29 is 19.4 Å². The number of carboxylic acid groups (broad SMARTS) is 1. The molecule has 1 aliphatic heterocycles. The van der Waals surface area contributed by atoms with Gasteiger partial charge in [-0.3, -0.25) is 0 Å². The molecule has 3 N–H and O–H groups in total. The van der Waals surface area contributed by atoms with Gasteiger partial charge in [-0.2, -0.15) is 0 Å². The van der Waals surface area contributed by atoms with E-state index in [0.717, 1.165) is 17.7 Å². The van der Waals surface area contributed by atoms with Gasteiger partial charge in [-0.15, -0.1) is 0 Å². The van der Waals surface area contributed by atoms with Crippen LogP contribution in [0.25, 0.3) is 0 Å². The third-order valence-electron chi connectivity index (χ3n) is 3.77. The Morgan fingerprint density at radius 1 is 1.43 bits per heavy atom. The number of para-hydroxylation sites is 1. The van der Waals surface area contributed by atoms with Gasteiger partial charge in [0.25, 0.3) is 0 Å². The summed E-state index contributed by atoms with van der Waals surface area (Å²) in [6.07, 6.45) is 0.924. The number of carbonyl (C=O) groups excluding carboxylic acids is 1. The second-order valence-electron chi connectivity index (χ2n) is 5.38. The van der Waals surface area contributed by atoms with Gasteiger partial charge in [0.05, 0.1) is 6.54 Å². The Morgan fingerprint density at radius 3 is 2.76 bits per heavy atom. The van der Waals surface area contributed by atoms with Crippen molar-refractivity contribution in [2.24, 2.45) is 0 Å². The molecule has 0 aromatic heterocycles. The molecule has 0 bridgehead atoms. The highest BCUT2D eigenvalue weighted by atomic mass is 16.5. The molecule has 2 unspecified atom stereocenters. The molecule has 0 saturated heterocycles. The van der Waals surface area contributed by atoms with Crippen LogP contribution in [0.2, 0.25) is 0 Å². The van der Waals surface area contributed by atoms with Gasteiger partial charge in [0.1, 0.15) is 17.4 Å². The first-order valence-electron chi connectivity index (χ1n) is 6.98. The zero-order valence-corrected chi connectivity index (χ0v) is 12.2. The molecule has 6 heteroatoms. The average Bonchev–Trinajstić information content (AvgIpc) is 2.87. The monoisotopic (exact) mass is 292 g/mol. The molecule has 0 spiro atoms. The molecule has 0 fully saturated rings. The van der Waals surface area contributed by atoms with E-state index in [9.17, 15) is 9.59 Å². The second-order valence-corrected chi connectivity index (χ2v) is 5.38. The standard InChI is InChI=1S/C15H20N2O4/c1-3-15(2,13(18)19)17-14(20)16-9-11-8-10-6-4-5-7-12(10)21-11/h4-7,11H,3,8-9H2,1-2H3,(H,18,19)(H2,16,17,20). The van der Waals surface area contributed by atoms with Gasteiger partial charge in [0.15, 0.2) is 0 Å². The van der Waals surface area contributed by atoms with Crippen molar-refractivity contribution in [1.82, 2.24) is 10.6 Å². The van der Waals surface area contributed by atoms with Crippen LogP contribution in [0.3, 0.4) is 0 Å². The molecule has 6 nitrogen and oxygen atoms in total. The number of amides is 2. The Hall–Kier alpha value is -2.24. The minimum Gasteiger partial charge on any atom is -0.488 e. The zero-order valence-electron chi connectivity index (χ0n) is 12.2. The van der Waals surface area contributed by atoms with Crippen molar-refractivity contribution in [2.45, 2.75) is 38.3 Å². The van der Waals surface area contributed by atoms with Crippen molar-refractivity contribution in [2.75, 3.05) is 6.54 Å². The van der Waals surface area contributed by atoms with Crippen LogP contribution in [0.15, 0.2) is 24.3 Å². The van der Waals surface area contributed by atoms with E-state index in [2.05, 4.69) is 10.6 Å². The maximum Gasteiger partial charge on any atom is 0.329 e. The lowest BCUT2D eigenvalue weighted by Crippen LogP contribution is -2.55. The highest BCUT2D eigenvalue weighted by Gasteiger charge is 2.33. The van der Waals surface area contributed by atoms with Crippen LogP contribution < -0.4 is 15.4 Å². The molecule has 0 aliphatic carbocycles. The van der Waals surface area contributed by atoms with E-state index in [4.69, 9.17) is 9.84 Å². The molecule has 1 heterocycles. The fourth-order valence-electron chi connectivity index (χ4n) is 2.16. The lowest BCUT2D eigenvalue weighted by Gasteiger charge is -2.25. The summed E-state index contributed by atoms with van der Waals surface area (Å²) in [5.74, 6) is -0.210. The van der Waals surface area contributed by atoms with Crippen molar-refractivity contribution >= 4 is 12.0 Å². The number of hydrogen-bond donors (Lipinski definition) is 3. The van der Waals surface area contributed by atoms with E-state index in [1.165, 1.54) is 6.92 Å². The molecule has 2 rings (SSSR count). The Balaban J connectivity index is 1.82. The topological polar surface area (TPSA) is 87.7 Å². The van der Waals surface area contributed by atoms with E-state index in [0.29, 0.717) is 13.0 Å². The average molecular weight is 292 g/mol. The normalized spacial score (nSPS) is 19.0. The maximum absolute atomic E-state index is 11.8. The molecular weight excluding hydrogens is 272 g/mol. The molecule has 1 aromatic rings. The van der Waals surface area contributed by atoms with Crippen molar-refractivity contribution in [3.8, 4) is 5.75 Å². The van der Waals surface area contributed by atoms with Gasteiger partial charge in [-0.1, -0.05) is 25.1 Å². The van der Waals surface area contributed by atoms with Crippen LogP contribution in [-0.2, 0) is 11.2 Å². The molecule has 2 atom stereocenters. The maximum atomic E-state index is 11.8. The number of rotatable bonds is 5. The highest BCUT2D eigenvalue weighted by molar-refractivity contribution is 5.85. The van der Waals surface area contributed by atoms with E-state index in [-0.39, 0.29) is 6.10 Å². The van der Waals surface area contributed by atoms with Gasteiger partial charge in [0, 0.05) is 6.42 Å². The molecule has 21 heavy (non-hydrogen) atoms. The number of benzene rings is 1. The number of hydrogen-bond acceptors (Lipinski definition) is 3. The summed E-state index contributed by atoms with van der Waals surface area (Å²) in [6, 6.07) is 7.24. The first-order chi connectivity index (χ1) is 9.94. The number of urea groups is 1. The minimum absolute atomic E-state index is 0.120. The summed E-state index contributed by atoms with van der Waals surface area (Å²) in [7, 11) is 0. The third kappa shape index (κ3) is 3.45. The smallest absolute Gasteiger partial charge is 0.329 e. The lowest BCUT2D eigenvalue weighted by molar-refractivity contribution is -0.143. The SMILES string of the molecule is CCC(C)(NC(=O)NCC1Cc2ccccc2O1)C(=O)O. The summed E-state index contributed by atoms with van der Waals surface area (Å²) in [5, 5.41) is 14.3. The predicted octanol–water partition coefficient (Wildman–Crippen LogP) is 1.54. The van der Waals surface area contributed by atoms with E-state index < -0.39 is 17.5 Å². The molecule has 2 amide bonds. The van der Waals surface area contributed by atoms with Gasteiger partial charge in [0.2, 0.25) is 0 Å². The van der Waals surface area contributed by atoms with Gasteiger partial charge in [-0.25, -0.2) is 9.59 Å². The van der Waals surface area contributed by atoms with Gasteiger partial charge >= 0.3 is 12.0 Å². The molecule has 1 aromatic carbocycles. The van der Waals surface area contributed by atoms with Crippen molar-refractivity contribution in [3.63, 3.8) is 0 Å². The van der Waals surface area contributed by atoms with Gasteiger partial charge < -0.3 is 20.5 Å². The summed E-state index contributed by atoms with van der Waals surface area (Å²) < 4.78 is 5.70. The summed E-state index contributed by atoms with van der Waals surface area (Å²) in [4.78, 5) is 22.9. The fourth-order valence-corrected chi connectivity index (χ4v) is 2.16. The molecule has 0 saturated carbocycles. The quantitative estimate of drug-likeness (QED) is 0.768. The molecule has 114 valence electrons. The number of nitrogens with one attached hydrogen (secondary N) is 2. The van der Waals surface area contributed by atoms with Crippen LogP contribution in [0.1, 0.15) is 25.8 Å². The number of aliphatic carboxylic acids is 1. The van der Waals surface area contributed by atoms with E-state index in [1.807, 2.05) is 24.3 Å². The molecular formula is C15H20N2O4. The minimum atomic E-state index is -1.26. The Morgan fingerprint density at radius 2 is 2.14 bits per heavy atom. The zero-order chi connectivity index (χ0) is 15.5. The first kappa shape index (κ1) is 15.2. The predicted molar refractivity (Wildman–Crippen MR) is 77.4 cm³/mol. The van der Waals surface area contributed by atoms with Crippen LogP contribution >= 0.6 is 0 Å². The summed E-state index contributed by atoms with van der Waals surface area (Å²) in [5.41, 5.74) is -0.141. The van der Waals surface area contributed by atoms with Crippen LogP contribution in [0, 0.1) is 0 Å². The Labute approximate surface area is 123 Å². The fraction of sp³-hybridized carbons (Fsp3) is 0.467. The summed E-state index contributed by atoms with van der Waals surface area (Å²) in [6.45, 7) is 3.53. The number of carbonyl (C=O) groups is 2. The van der Waals surface area contributed by atoms with E-state index >= 15 is 0 Å². The summed E-state index contributed by atoms with van der Waals surface area (Å²) >= 11 is 0. The second kappa shape index (κ2) is 6.03. The first-order valence-corrected chi connectivity index (χ1v) is 6.98. The number of ether oxygens (including phenoxy) is 1. The third-order valence-corrected chi connectivity index (χ3v) is 3.77.